The Kier molecular flexibility index (Phi) is 4.69. The van der Waals surface area contributed by atoms with Crippen LogP contribution in [0.5, 0.6) is 11.5 Å². The molecule has 0 saturated carbocycles. The van der Waals surface area contributed by atoms with Crippen molar-refractivity contribution in [3.8, 4) is 11.5 Å². The maximum Gasteiger partial charge on any atom is 0.236 e. The van der Waals surface area contributed by atoms with Crippen LogP contribution in [0.3, 0.4) is 0 Å². The van der Waals surface area contributed by atoms with Gasteiger partial charge in [-0.05, 0) is 34.5 Å². The molecule has 0 atom stereocenters. The third kappa shape index (κ3) is 3.50. The normalized spacial score (nSPS) is 11.4. The molecule has 0 aliphatic heterocycles. The Morgan fingerprint density at radius 3 is 2.24 bits per heavy atom. The summed E-state index contributed by atoms with van der Waals surface area (Å²) >= 11 is 3.32. The molecule has 0 radical (unpaired) electrons. The van der Waals surface area contributed by atoms with Crippen LogP contribution in [0.1, 0.15) is 11.1 Å². The summed E-state index contributed by atoms with van der Waals surface area (Å²) in [5.41, 5.74) is 1.29. The smallest absolute Gasteiger partial charge is 0.236 e. The van der Waals surface area contributed by atoms with E-state index in [1.165, 1.54) is 14.2 Å². The van der Waals surface area contributed by atoms with E-state index in [2.05, 4.69) is 15.9 Å². The minimum absolute atomic E-state index is 0.291. The van der Waals surface area contributed by atoms with Gasteiger partial charge in [0.1, 0.15) is 16.0 Å². The molecule has 0 aromatic heterocycles. The van der Waals surface area contributed by atoms with Crippen LogP contribution in [0, 0.1) is 6.92 Å². The highest BCUT2D eigenvalue weighted by molar-refractivity contribution is 9.10. The van der Waals surface area contributed by atoms with E-state index in [4.69, 9.17) is 20.2 Å². The van der Waals surface area contributed by atoms with Crippen molar-refractivity contribution in [1.82, 2.24) is 0 Å². The molecule has 1 rings (SSSR count). The lowest BCUT2D eigenvalue weighted by Gasteiger charge is -2.15. The largest absolute Gasteiger partial charge is 0.495 e. The second-order valence-corrected chi connectivity index (χ2v) is 6.99. The molecule has 0 heterocycles. The van der Waals surface area contributed by atoms with Gasteiger partial charge in [-0.25, -0.2) is 8.42 Å². The summed E-state index contributed by atoms with van der Waals surface area (Å²) in [6.45, 7) is 1.81. The maximum absolute atomic E-state index is 11.1. The molecular formula is C10H12BrClO4S. The molecule has 0 fully saturated rings. The minimum Gasteiger partial charge on any atom is -0.495 e. The molecule has 0 amide bonds. The van der Waals surface area contributed by atoms with E-state index in [0.717, 1.165) is 5.56 Å². The Hall–Kier alpha value is -0.460. The van der Waals surface area contributed by atoms with Gasteiger partial charge in [-0.2, -0.15) is 0 Å². The topological polar surface area (TPSA) is 52.6 Å². The standard InChI is InChI=1S/C10H12BrClO4S/c1-6-4-7(5-17(12,13)14)10(16-3)8(11)9(6)15-2/h4H,5H2,1-3H3. The van der Waals surface area contributed by atoms with Gasteiger partial charge in [0.25, 0.3) is 0 Å². The Bertz CT molecular complexity index is 528. The fourth-order valence-corrected chi connectivity index (χ4v) is 3.40. The fraction of sp³-hybridized carbons (Fsp3) is 0.400. The second kappa shape index (κ2) is 5.46. The molecule has 0 spiro atoms. The van der Waals surface area contributed by atoms with Gasteiger partial charge < -0.3 is 9.47 Å². The van der Waals surface area contributed by atoms with Crippen LogP contribution in [0.15, 0.2) is 10.5 Å². The monoisotopic (exact) mass is 342 g/mol. The van der Waals surface area contributed by atoms with Crippen LogP contribution in [-0.2, 0) is 14.8 Å². The number of benzene rings is 1. The van der Waals surface area contributed by atoms with Crippen molar-refractivity contribution < 1.29 is 17.9 Å². The predicted molar refractivity (Wildman–Crippen MR) is 70.5 cm³/mol. The number of ether oxygens (including phenoxy) is 2. The van der Waals surface area contributed by atoms with E-state index in [0.29, 0.717) is 21.5 Å². The third-order valence-electron chi connectivity index (χ3n) is 2.18. The second-order valence-electron chi connectivity index (χ2n) is 3.42. The number of hydrogen-bond acceptors (Lipinski definition) is 4. The van der Waals surface area contributed by atoms with Crippen molar-refractivity contribution in [2.75, 3.05) is 14.2 Å². The maximum atomic E-state index is 11.1. The van der Waals surface area contributed by atoms with E-state index >= 15 is 0 Å². The highest BCUT2D eigenvalue weighted by atomic mass is 79.9. The summed E-state index contributed by atoms with van der Waals surface area (Å²) in [6, 6.07) is 1.68. The Morgan fingerprint density at radius 1 is 1.29 bits per heavy atom. The molecule has 7 heteroatoms. The predicted octanol–water partition coefficient (Wildman–Crippen LogP) is 2.84. The van der Waals surface area contributed by atoms with Crippen molar-refractivity contribution in [1.29, 1.82) is 0 Å². The van der Waals surface area contributed by atoms with Gasteiger partial charge in [-0.15, -0.1) is 0 Å². The first-order valence-corrected chi connectivity index (χ1v) is 7.89. The number of aryl methyl sites for hydroxylation is 1. The van der Waals surface area contributed by atoms with Crippen molar-refractivity contribution in [3.05, 3.63) is 21.7 Å². The number of methoxy groups -OCH3 is 2. The van der Waals surface area contributed by atoms with Crippen LogP contribution in [0.25, 0.3) is 0 Å². The molecule has 0 aliphatic rings. The van der Waals surface area contributed by atoms with E-state index in [9.17, 15) is 8.42 Å². The molecule has 1 aromatic rings. The lowest BCUT2D eigenvalue weighted by molar-refractivity contribution is 0.385. The zero-order valence-corrected chi connectivity index (χ0v) is 12.7. The van der Waals surface area contributed by atoms with E-state index in [-0.39, 0.29) is 5.75 Å². The molecule has 0 saturated heterocycles. The first-order valence-electron chi connectivity index (χ1n) is 4.62. The summed E-state index contributed by atoms with van der Waals surface area (Å²) in [5, 5.41) is 0. The highest BCUT2D eigenvalue weighted by Crippen LogP contribution is 2.40. The fourth-order valence-electron chi connectivity index (χ4n) is 1.57. The van der Waals surface area contributed by atoms with E-state index in [1.54, 1.807) is 6.07 Å². The van der Waals surface area contributed by atoms with Gasteiger partial charge in [0.05, 0.1) is 20.0 Å². The van der Waals surface area contributed by atoms with Crippen LogP contribution >= 0.6 is 26.6 Å². The van der Waals surface area contributed by atoms with Gasteiger partial charge in [-0.1, -0.05) is 0 Å². The number of rotatable bonds is 4. The Morgan fingerprint density at radius 2 is 1.82 bits per heavy atom. The number of hydrogen-bond donors (Lipinski definition) is 0. The molecule has 17 heavy (non-hydrogen) atoms. The zero-order valence-electron chi connectivity index (χ0n) is 9.58. The van der Waals surface area contributed by atoms with Gasteiger partial charge >= 0.3 is 0 Å². The molecule has 0 bridgehead atoms. The third-order valence-corrected chi connectivity index (χ3v) is 3.88. The van der Waals surface area contributed by atoms with Gasteiger partial charge in [-0.3, -0.25) is 0 Å². The quantitative estimate of drug-likeness (QED) is 0.789. The summed E-state index contributed by atoms with van der Waals surface area (Å²) < 4.78 is 33.2. The summed E-state index contributed by atoms with van der Waals surface area (Å²) in [5.74, 6) is 0.732. The van der Waals surface area contributed by atoms with Crippen molar-refractivity contribution in [3.63, 3.8) is 0 Å². The number of halogens is 2. The highest BCUT2D eigenvalue weighted by Gasteiger charge is 2.19. The Balaban J connectivity index is 3.42. The zero-order chi connectivity index (χ0) is 13.2. The van der Waals surface area contributed by atoms with Crippen LogP contribution in [-0.4, -0.2) is 22.6 Å². The van der Waals surface area contributed by atoms with Crippen molar-refractivity contribution in [2.24, 2.45) is 0 Å². The molecule has 0 unspecified atom stereocenters. The molecule has 0 aliphatic carbocycles. The molecule has 4 nitrogen and oxygen atoms in total. The molecule has 0 N–H and O–H groups in total. The summed E-state index contributed by atoms with van der Waals surface area (Å²) in [6.07, 6.45) is 0. The van der Waals surface area contributed by atoms with Crippen molar-refractivity contribution >= 4 is 35.7 Å². The van der Waals surface area contributed by atoms with Crippen LogP contribution in [0.2, 0.25) is 0 Å². The summed E-state index contributed by atoms with van der Waals surface area (Å²) in [7, 11) is 4.60. The minimum atomic E-state index is -3.63. The lowest BCUT2D eigenvalue weighted by atomic mass is 10.1. The molecule has 1 aromatic carbocycles. The van der Waals surface area contributed by atoms with Crippen LogP contribution in [0.4, 0.5) is 0 Å². The average Bonchev–Trinajstić information content (AvgIpc) is 2.15. The lowest BCUT2D eigenvalue weighted by Crippen LogP contribution is -2.02. The first kappa shape index (κ1) is 14.6. The molecular weight excluding hydrogens is 332 g/mol. The SMILES string of the molecule is COc1c(C)cc(CS(=O)(=O)Cl)c(OC)c1Br. The van der Waals surface area contributed by atoms with Gasteiger partial charge in [0.15, 0.2) is 0 Å². The van der Waals surface area contributed by atoms with Gasteiger partial charge in [0.2, 0.25) is 9.05 Å². The van der Waals surface area contributed by atoms with Crippen molar-refractivity contribution in [2.45, 2.75) is 12.7 Å². The Labute approximate surface area is 113 Å². The van der Waals surface area contributed by atoms with E-state index in [1.807, 2.05) is 6.92 Å². The van der Waals surface area contributed by atoms with Crippen LogP contribution < -0.4 is 9.47 Å². The average molecular weight is 344 g/mol. The first-order chi connectivity index (χ1) is 7.80. The van der Waals surface area contributed by atoms with Gasteiger partial charge in [0, 0.05) is 16.2 Å². The van der Waals surface area contributed by atoms with E-state index < -0.39 is 9.05 Å². The molecule has 96 valence electrons. The summed E-state index contributed by atoms with van der Waals surface area (Å²) in [4.78, 5) is 0.